The fraction of sp³-hybridized carbons (Fsp3) is 0.381. The quantitative estimate of drug-likeness (QED) is 0.860. The number of benzene rings is 2. The summed E-state index contributed by atoms with van der Waals surface area (Å²) < 4.78 is 0. The maximum Gasteiger partial charge on any atom is 0.253 e. The van der Waals surface area contributed by atoms with Crippen LogP contribution in [-0.4, -0.2) is 41.9 Å². The van der Waals surface area contributed by atoms with Crippen LogP contribution in [0, 0.1) is 6.92 Å². The molecular formula is C21H26N2O. The highest BCUT2D eigenvalue weighted by molar-refractivity contribution is 5.94. The van der Waals surface area contributed by atoms with Gasteiger partial charge in [0, 0.05) is 38.3 Å². The molecule has 0 unspecified atom stereocenters. The Bertz CT molecular complexity index is 685. The van der Waals surface area contributed by atoms with Gasteiger partial charge in [-0.15, -0.1) is 0 Å². The fourth-order valence-corrected chi connectivity index (χ4v) is 3.24. The molecule has 0 saturated carbocycles. The SMILES string of the molecule is CCc1ccc(C(=O)N2CCN(Cc3cccc(C)c3)CC2)cc1. The number of carbonyl (C=O) groups excluding carboxylic acids is 1. The third kappa shape index (κ3) is 4.04. The Morgan fingerprint density at radius 2 is 1.67 bits per heavy atom. The number of carbonyl (C=O) groups is 1. The Balaban J connectivity index is 1.55. The van der Waals surface area contributed by atoms with Gasteiger partial charge in [0.15, 0.2) is 0 Å². The lowest BCUT2D eigenvalue weighted by Crippen LogP contribution is -2.48. The second kappa shape index (κ2) is 7.63. The molecular weight excluding hydrogens is 296 g/mol. The van der Waals surface area contributed by atoms with Crippen LogP contribution in [0.5, 0.6) is 0 Å². The van der Waals surface area contributed by atoms with E-state index in [1.54, 1.807) is 0 Å². The average molecular weight is 322 g/mol. The van der Waals surface area contributed by atoms with Crippen molar-refractivity contribution >= 4 is 5.91 Å². The molecule has 1 amide bonds. The molecule has 24 heavy (non-hydrogen) atoms. The minimum Gasteiger partial charge on any atom is -0.336 e. The zero-order valence-corrected chi connectivity index (χ0v) is 14.7. The largest absolute Gasteiger partial charge is 0.336 e. The molecule has 1 aliphatic rings. The predicted octanol–water partition coefficient (Wildman–Crippen LogP) is 3.52. The summed E-state index contributed by atoms with van der Waals surface area (Å²) in [5.74, 6) is 0.160. The van der Waals surface area contributed by atoms with Crippen LogP contribution in [0.2, 0.25) is 0 Å². The molecule has 3 nitrogen and oxygen atoms in total. The number of amides is 1. The van der Waals surface area contributed by atoms with Gasteiger partial charge < -0.3 is 4.90 Å². The second-order valence-electron chi connectivity index (χ2n) is 6.61. The van der Waals surface area contributed by atoms with E-state index in [1.165, 1.54) is 16.7 Å². The maximum atomic E-state index is 12.6. The van der Waals surface area contributed by atoms with Crippen molar-refractivity contribution in [3.05, 3.63) is 70.8 Å². The van der Waals surface area contributed by atoms with E-state index >= 15 is 0 Å². The van der Waals surface area contributed by atoms with Crippen LogP contribution >= 0.6 is 0 Å². The summed E-state index contributed by atoms with van der Waals surface area (Å²) >= 11 is 0. The summed E-state index contributed by atoms with van der Waals surface area (Å²) in [6, 6.07) is 16.7. The topological polar surface area (TPSA) is 23.6 Å². The summed E-state index contributed by atoms with van der Waals surface area (Å²) in [6.07, 6.45) is 1.01. The van der Waals surface area contributed by atoms with Gasteiger partial charge in [-0.3, -0.25) is 9.69 Å². The monoisotopic (exact) mass is 322 g/mol. The number of hydrogen-bond donors (Lipinski definition) is 0. The molecule has 126 valence electrons. The van der Waals surface area contributed by atoms with Crippen LogP contribution in [0.15, 0.2) is 48.5 Å². The molecule has 0 aliphatic carbocycles. The van der Waals surface area contributed by atoms with Crippen molar-refractivity contribution in [1.29, 1.82) is 0 Å². The number of rotatable bonds is 4. The molecule has 0 N–H and O–H groups in total. The number of piperazine rings is 1. The van der Waals surface area contributed by atoms with Gasteiger partial charge in [-0.2, -0.15) is 0 Å². The summed E-state index contributed by atoms with van der Waals surface area (Å²) in [4.78, 5) is 17.0. The van der Waals surface area contributed by atoms with Crippen molar-refractivity contribution in [3.63, 3.8) is 0 Å². The highest BCUT2D eigenvalue weighted by Gasteiger charge is 2.22. The Morgan fingerprint density at radius 1 is 0.958 bits per heavy atom. The highest BCUT2D eigenvalue weighted by atomic mass is 16.2. The lowest BCUT2D eigenvalue weighted by Gasteiger charge is -2.34. The van der Waals surface area contributed by atoms with Crippen LogP contribution in [0.3, 0.4) is 0 Å². The van der Waals surface area contributed by atoms with Gasteiger partial charge in [-0.05, 0) is 36.6 Å². The van der Waals surface area contributed by atoms with E-state index < -0.39 is 0 Å². The van der Waals surface area contributed by atoms with Gasteiger partial charge in [0.2, 0.25) is 0 Å². The van der Waals surface area contributed by atoms with Crippen LogP contribution in [0.25, 0.3) is 0 Å². The van der Waals surface area contributed by atoms with Gasteiger partial charge in [-0.25, -0.2) is 0 Å². The number of nitrogens with zero attached hydrogens (tertiary/aromatic N) is 2. The molecule has 1 aliphatic heterocycles. The summed E-state index contributed by atoms with van der Waals surface area (Å²) in [7, 11) is 0. The molecule has 1 heterocycles. The maximum absolute atomic E-state index is 12.6. The molecule has 2 aromatic carbocycles. The van der Waals surface area contributed by atoms with Crippen molar-refractivity contribution in [3.8, 4) is 0 Å². The van der Waals surface area contributed by atoms with Crippen molar-refractivity contribution in [2.45, 2.75) is 26.8 Å². The predicted molar refractivity (Wildman–Crippen MR) is 98.2 cm³/mol. The lowest BCUT2D eigenvalue weighted by molar-refractivity contribution is 0.0628. The lowest BCUT2D eigenvalue weighted by atomic mass is 10.1. The smallest absolute Gasteiger partial charge is 0.253 e. The van der Waals surface area contributed by atoms with Crippen LogP contribution in [0.4, 0.5) is 0 Å². The molecule has 3 rings (SSSR count). The van der Waals surface area contributed by atoms with Crippen LogP contribution in [-0.2, 0) is 13.0 Å². The number of aryl methyl sites for hydroxylation is 2. The first-order valence-corrected chi connectivity index (χ1v) is 8.82. The van der Waals surface area contributed by atoms with Crippen molar-refractivity contribution < 1.29 is 4.79 Å². The molecule has 1 saturated heterocycles. The molecule has 2 aromatic rings. The molecule has 0 aromatic heterocycles. The van der Waals surface area contributed by atoms with E-state index in [1.807, 2.05) is 17.0 Å². The normalized spacial score (nSPS) is 15.5. The van der Waals surface area contributed by atoms with Gasteiger partial charge in [0.1, 0.15) is 0 Å². The zero-order chi connectivity index (χ0) is 16.9. The van der Waals surface area contributed by atoms with E-state index in [0.717, 1.165) is 44.7 Å². The Labute approximate surface area is 144 Å². The molecule has 0 atom stereocenters. The molecule has 0 radical (unpaired) electrons. The van der Waals surface area contributed by atoms with Crippen molar-refractivity contribution in [2.75, 3.05) is 26.2 Å². The average Bonchev–Trinajstić information content (AvgIpc) is 2.62. The van der Waals surface area contributed by atoms with Gasteiger partial charge >= 0.3 is 0 Å². The van der Waals surface area contributed by atoms with Crippen molar-refractivity contribution in [1.82, 2.24) is 9.80 Å². The van der Waals surface area contributed by atoms with Gasteiger partial charge in [-0.1, -0.05) is 48.9 Å². The third-order valence-corrected chi connectivity index (χ3v) is 4.76. The standard InChI is InChI=1S/C21H26N2O/c1-3-18-7-9-20(10-8-18)21(24)23-13-11-22(12-14-23)16-19-6-4-5-17(2)15-19/h4-10,15H,3,11-14,16H2,1-2H3. The third-order valence-electron chi connectivity index (χ3n) is 4.76. The summed E-state index contributed by atoms with van der Waals surface area (Å²) in [5.41, 5.74) is 4.73. The van der Waals surface area contributed by atoms with Crippen LogP contribution in [0.1, 0.15) is 34.0 Å². The molecule has 0 spiro atoms. The first-order chi connectivity index (χ1) is 11.7. The highest BCUT2D eigenvalue weighted by Crippen LogP contribution is 2.13. The Kier molecular flexibility index (Phi) is 5.31. The van der Waals surface area contributed by atoms with Crippen molar-refractivity contribution in [2.24, 2.45) is 0 Å². The summed E-state index contributed by atoms with van der Waals surface area (Å²) in [5, 5.41) is 0. The minimum absolute atomic E-state index is 0.160. The van der Waals surface area contributed by atoms with Gasteiger partial charge in [0.05, 0.1) is 0 Å². The minimum atomic E-state index is 0.160. The molecule has 0 bridgehead atoms. The fourth-order valence-electron chi connectivity index (χ4n) is 3.24. The van der Waals surface area contributed by atoms with Gasteiger partial charge in [0.25, 0.3) is 5.91 Å². The number of hydrogen-bond acceptors (Lipinski definition) is 2. The van der Waals surface area contributed by atoms with E-state index in [4.69, 9.17) is 0 Å². The van der Waals surface area contributed by atoms with E-state index in [-0.39, 0.29) is 5.91 Å². The van der Waals surface area contributed by atoms with E-state index in [2.05, 4.69) is 55.1 Å². The van der Waals surface area contributed by atoms with Crippen LogP contribution < -0.4 is 0 Å². The zero-order valence-electron chi connectivity index (χ0n) is 14.7. The Hall–Kier alpha value is -2.13. The first kappa shape index (κ1) is 16.7. The summed E-state index contributed by atoms with van der Waals surface area (Å²) in [6.45, 7) is 8.71. The van der Waals surface area contributed by atoms with E-state index in [0.29, 0.717) is 0 Å². The molecule has 3 heteroatoms. The Morgan fingerprint density at radius 3 is 2.29 bits per heavy atom. The first-order valence-electron chi connectivity index (χ1n) is 8.82. The molecule has 1 fully saturated rings. The second-order valence-corrected chi connectivity index (χ2v) is 6.61. The van der Waals surface area contributed by atoms with E-state index in [9.17, 15) is 4.79 Å².